The molecule has 0 atom stereocenters. The van der Waals surface area contributed by atoms with Gasteiger partial charge < -0.3 is 14.6 Å². The average molecular weight is 327 g/mol. The third kappa shape index (κ3) is 4.84. The summed E-state index contributed by atoms with van der Waals surface area (Å²) in [6, 6.07) is 11.4. The summed E-state index contributed by atoms with van der Waals surface area (Å²) in [6.45, 7) is 5.98. The van der Waals surface area contributed by atoms with Gasteiger partial charge in [-0.25, -0.2) is 4.79 Å². The van der Waals surface area contributed by atoms with Crippen LogP contribution in [0.3, 0.4) is 0 Å². The second kappa shape index (κ2) is 8.15. The van der Waals surface area contributed by atoms with Gasteiger partial charge in [-0.15, -0.1) is 0 Å². The monoisotopic (exact) mass is 327 g/mol. The van der Waals surface area contributed by atoms with E-state index in [1.54, 1.807) is 18.3 Å². The quantitative estimate of drug-likeness (QED) is 0.783. The minimum Gasteiger partial charge on any atom is -0.490 e. The van der Waals surface area contributed by atoms with E-state index in [0.717, 1.165) is 16.8 Å². The van der Waals surface area contributed by atoms with Crippen LogP contribution in [0.25, 0.3) is 0 Å². The Morgan fingerprint density at radius 3 is 2.58 bits per heavy atom. The Bertz CT molecular complexity index is 753. The van der Waals surface area contributed by atoms with E-state index in [4.69, 9.17) is 14.6 Å². The Morgan fingerprint density at radius 2 is 1.92 bits per heavy atom. The molecule has 0 fully saturated rings. The van der Waals surface area contributed by atoms with E-state index in [2.05, 4.69) is 11.1 Å². The number of hydrogen-bond acceptors (Lipinski definition) is 4. The van der Waals surface area contributed by atoms with Crippen molar-refractivity contribution in [3.63, 3.8) is 0 Å². The molecule has 2 aromatic rings. The average Bonchev–Trinajstić information content (AvgIpc) is 2.53. The van der Waals surface area contributed by atoms with Crippen LogP contribution in [-0.4, -0.2) is 30.5 Å². The molecule has 0 radical (unpaired) electrons. The van der Waals surface area contributed by atoms with Crippen LogP contribution >= 0.6 is 0 Å². The topological polar surface area (TPSA) is 68.1 Å². The zero-order valence-electron chi connectivity index (χ0n) is 14.1. The lowest BCUT2D eigenvalue weighted by Crippen LogP contribution is -2.10. The molecule has 2 rings (SSSR count). The molecule has 24 heavy (non-hydrogen) atoms. The highest BCUT2D eigenvalue weighted by Gasteiger charge is 2.08. The van der Waals surface area contributed by atoms with E-state index in [-0.39, 0.29) is 0 Å². The van der Waals surface area contributed by atoms with Gasteiger partial charge in [-0.3, -0.25) is 4.99 Å². The van der Waals surface area contributed by atoms with Gasteiger partial charge in [0.25, 0.3) is 0 Å². The molecule has 0 aromatic heterocycles. The zero-order valence-corrected chi connectivity index (χ0v) is 14.1. The van der Waals surface area contributed by atoms with Crippen molar-refractivity contribution >= 4 is 17.9 Å². The smallest absolute Gasteiger partial charge is 0.341 e. The molecular weight excluding hydrogens is 306 g/mol. The first kappa shape index (κ1) is 17.5. The van der Waals surface area contributed by atoms with Crippen molar-refractivity contribution in [2.45, 2.75) is 20.8 Å². The molecule has 0 saturated carbocycles. The molecule has 0 bridgehead atoms. The number of carbonyl (C=O) groups is 1. The molecule has 0 aliphatic carbocycles. The number of ether oxygens (including phenoxy) is 2. The molecule has 0 aliphatic heterocycles. The van der Waals surface area contributed by atoms with Crippen LogP contribution in [0.1, 0.15) is 23.6 Å². The lowest BCUT2D eigenvalue weighted by Gasteiger charge is -2.11. The predicted octanol–water partition coefficient (Wildman–Crippen LogP) is 3.92. The largest absolute Gasteiger partial charge is 0.490 e. The molecule has 126 valence electrons. The van der Waals surface area contributed by atoms with Crippen LogP contribution < -0.4 is 9.47 Å². The van der Waals surface area contributed by atoms with Gasteiger partial charge in [-0.1, -0.05) is 17.7 Å². The van der Waals surface area contributed by atoms with Crippen molar-refractivity contribution in [2.75, 3.05) is 13.2 Å². The second-order valence-corrected chi connectivity index (χ2v) is 5.37. The summed E-state index contributed by atoms with van der Waals surface area (Å²) in [4.78, 5) is 15.1. The molecule has 2 aromatic carbocycles. The first-order valence-corrected chi connectivity index (χ1v) is 7.72. The number of benzene rings is 2. The first-order chi connectivity index (χ1) is 11.5. The van der Waals surface area contributed by atoms with E-state index in [9.17, 15) is 4.79 Å². The van der Waals surface area contributed by atoms with Crippen molar-refractivity contribution in [1.29, 1.82) is 0 Å². The number of carboxylic acid groups (broad SMARTS) is 1. The maximum absolute atomic E-state index is 10.6. The van der Waals surface area contributed by atoms with Gasteiger partial charge in [-0.2, -0.15) is 0 Å². The fourth-order valence-electron chi connectivity index (χ4n) is 2.23. The Hall–Kier alpha value is -2.82. The lowest BCUT2D eigenvalue weighted by molar-refractivity contribution is -0.139. The van der Waals surface area contributed by atoms with Gasteiger partial charge >= 0.3 is 5.97 Å². The molecule has 1 N–H and O–H groups in total. The van der Waals surface area contributed by atoms with Crippen LogP contribution in [0.15, 0.2) is 41.4 Å². The number of aryl methyl sites for hydroxylation is 2. The number of aliphatic imine (C=N–C) groups is 1. The molecule has 0 unspecified atom stereocenters. The molecule has 0 heterocycles. The Labute approximate surface area is 141 Å². The fraction of sp³-hybridized carbons (Fsp3) is 0.263. The number of carboxylic acids is 1. The number of nitrogens with zero attached hydrogens (tertiary/aromatic N) is 1. The lowest BCUT2D eigenvalue weighted by atomic mass is 10.1. The van der Waals surface area contributed by atoms with Crippen molar-refractivity contribution < 1.29 is 19.4 Å². The van der Waals surface area contributed by atoms with E-state index in [1.807, 2.05) is 39.0 Å². The van der Waals surface area contributed by atoms with Crippen LogP contribution in [0, 0.1) is 13.8 Å². The minimum atomic E-state index is -1.03. The van der Waals surface area contributed by atoms with Crippen LogP contribution in [0.2, 0.25) is 0 Å². The number of hydrogen-bond donors (Lipinski definition) is 1. The van der Waals surface area contributed by atoms with E-state index in [1.165, 1.54) is 5.56 Å². The number of rotatable bonds is 7. The highest BCUT2D eigenvalue weighted by molar-refractivity contribution is 5.83. The summed E-state index contributed by atoms with van der Waals surface area (Å²) in [5, 5.41) is 8.72. The van der Waals surface area contributed by atoms with E-state index in [0.29, 0.717) is 18.1 Å². The minimum absolute atomic E-state index is 0.405. The number of aliphatic carboxylic acids is 1. The van der Waals surface area contributed by atoms with Gasteiger partial charge in [0.1, 0.15) is 0 Å². The van der Waals surface area contributed by atoms with Gasteiger partial charge in [0.15, 0.2) is 18.1 Å². The third-order valence-electron chi connectivity index (χ3n) is 3.32. The van der Waals surface area contributed by atoms with Gasteiger partial charge in [0, 0.05) is 6.21 Å². The summed E-state index contributed by atoms with van der Waals surface area (Å²) in [5.74, 6) is -0.121. The van der Waals surface area contributed by atoms with Gasteiger partial charge in [0.05, 0.1) is 12.3 Å². The molecule has 5 nitrogen and oxygen atoms in total. The summed E-state index contributed by atoms with van der Waals surface area (Å²) >= 11 is 0. The van der Waals surface area contributed by atoms with E-state index < -0.39 is 12.6 Å². The SMILES string of the molecule is CCOc1cc(C=Nc2ccc(C)cc2C)ccc1OCC(=O)O. The Balaban J connectivity index is 2.22. The molecule has 0 saturated heterocycles. The normalized spacial score (nSPS) is 10.8. The molecule has 0 spiro atoms. The molecule has 0 aliphatic rings. The van der Waals surface area contributed by atoms with Crippen molar-refractivity contribution in [2.24, 2.45) is 4.99 Å². The third-order valence-corrected chi connectivity index (χ3v) is 3.32. The van der Waals surface area contributed by atoms with E-state index >= 15 is 0 Å². The summed E-state index contributed by atoms with van der Waals surface area (Å²) < 4.78 is 10.8. The fourth-order valence-corrected chi connectivity index (χ4v) is 2.23. The summed E-state index contributed by atoms with van der Waals surface area (Å²) in [6.07, 6.45) is 1.75. The second-order valence-electron chi connectivity index (χ2n) is 5.37. The van der Waals surface area contributed by atoms with Gasteiger partial charge in [0.2, 0.25) is 0 Å². The van der Waals surface area contributed by atoms with Crippen LogP contribution in [0.4, 0.5) is 5.69 Å². The summed E-state index contributed by atoms with van der Waals surface area (Å²) in [5.41, 5.74) is 4.06. The Morgan fingerprint density at radius 1 is 1.12 bits per heavy atom. The highest BCUT2D eigenvalue weighted by atomic mass is 16.5. The van der Waals surface area contributed by atoms with Crippen molar-refractivity contribution in [1.82, 2.24) is 0 Å². The maximum Gasteiger partial charge on any atom is 0.341 e. The van der Waals surface area contributed by atoms with Crippen molar-refractivity contribution in [3.8, 4) is 11.5 Å². The highest BCUT2D eigenvalue weighted by Crippen LogP contribution is 2.28. The standard InChI is InChI=1S/C19H21NO4/c1-4-23-18-10-15(6-8-17(18)24-12-19(21)22)11-20-16-7-5-13(2)9-14(16)3/h5-11H,4,12H2,1-3H3,(H,21,22). The molecule has 5 heteroatoms. The molecule has 0 amide bonds. The first-order valence-electron chi connectivity index (χ1n) is 7.72. The van der Waals surface area contributed by atoms with Gasteiger partial charge in [-0.05, 0) is 56.2 Å². The summed E-state index contributed by atoms with van der Waals surface area (Å²) in [7, 11) is 0. The Kier molecular flexibility index (Phi) is 5.95. The predicted molar refractivity (Wildman–Crippen MR) is 93.9 cm³/mol. The zero-order chi connectivity index (χ0) is 17.5. The van der Waals surface area contributed by atoms with Crippen LogP contribution in [-0.2, 0) is 4.79 Å². The maximum atomic E-state index is 10.6. The van der Waals surface area contributed by atoms with Crippen molar-refractivity contribution in [3.05, 3.63) is 53.1 Å². The van der Waals surface area contributed by atoms with Crippen LogP contribution in [0.5, 0.6) is 11.5 Å². The molecular formula is C19H21NO4.